The second-order valence-electron chi connectivity index (χ2n) is 4.99. The predicted octanol–water partition coefficient (Wildman–Crippen LogP) is 1.79. The van der Waals surface area contributed by atoms with Crippen LogP contribution in [0.2, 0.25) is 0 Å². The Bertz CT molecular complexity index is 879. The molecule has 24 heavy (non-hydrogen) atoms. The molecule has 8 heteroatoms. The van der Waals surface area contributed by atoms with Crippen molar-refractivity contribution in [3.05, 3.63) is 54.2 Å². The van der Waals surface area contributed by atoms with E-state index in [1.807, 2.05) is 12.1 Å². The van der Waals surface area contributed by atoms with Gasteiger partial charge in [0.05, 0.1) is 12.2 Å². The Balaban J connectivity index is 1.47. The summed E-state index contributed by atoms with van der Waals surface area (Å²) < 4.78 is 15.6. The van der Waals surface area contributed by atoms with Crippen molar-refractivity contribution < 1.29 is 18.8 Å². The minimum atomic E-state index is -0.458. The molecule has 0 fully saturated rings. The van der Waals surface area contributed by atoms with E-state index >= 15 is 0 Å². The first kappa shape index (κ1) is 14.2. The van der Waals surface area contributed by atoms with Crippen LogP contribution in [0.25, 0.3) is 11.4 Å². The summed E-state index contributed by atoms with van der Waals surface area (Å²) >= 11 is 0. The Labute approximate surface area is 136 Å². The summed E-state index contributed by atoms with van der Waals surface area (Å²) in [6, 6.07) is 10.7. The highest BCUT2D eigenvalue weighted by molar-refractivity contribution is 5.89. The lowest BCUT2D eigenvalue weighted by atomic mass is 10.2. The number of ether oxygens (including phenoxy) is 2. The van der Waals surface area contributed by atoms with Crippen molar-refractivity contribution in [1.29, 1.82) is 0 Å². The molecule has 1 N–H and O–H groups in total. The monoisotopic (exact) mass is 324 g/mol. The molecule has 3 aromatic rings. The van der Waals surface area contributed by atoms with Gasteiger partial charge in [0.2, 0.25) is 12.6 Å². The number of carbonyl (C=O) groups excluding carboxylic acids is 1. The number of carbonyl (C=O) groups is 1. The molecular formula is C16H12N4O4. The number of pyridine rings is 1. The van der Waals surface area contributed by atoms with E-state index in [1.165, 1.54) is 0 Å². The van der Waals surface area contributed by atoms with Gasteiger partial charge in [-0.25, -0.2) is 0 Å². The highest BCUT2D eigenvalue weighted by atomic mass is 16.7. The van der Waals surface area contributed by atoms with Crippen LogP contribution < -0.4 is 14.8 Å². The Morgan fingerprint density at radius 1 is 1.17 bits per heavy atom. The minimum absolute atomic E-state index is 0.112. The first-order valence-electron chi connectivity index (χ1n) is 7.21. The summed E-state index contributed by atoms with van der Waals surface area (Å²) in [6.07, 6.45) is 1.66. The minimum Gasteiger partial charge on any atom is -0.454 e. The van der Waals surface area contributed by atoms with Gasteiger partial charge in [0.1, 0.15) is 0 Å². The molecular weight excluding hydrogens is 312 g/mol. The molecule has 0 unspecified atom stereocenters. The summed E-state index contributed by atoms with van der Waals surface area (Å²) in [5.41, 5.74) is 1.41. The van der Waals surface area contributed by atoms with Gasteiger partial charge in [-0.15, -0.1) is 0 Å². The van der Waals surface area contributed by atoms with Crippen LogP contribution >= 0.6 is 0 Å². The smallest absolute Gasteiger partial charge is 0.316 e. The van der Waals surface area contributed by atoms with Gasteiger partial charge < -0.3 is 19.3 Å². The van der Waals surface area contributed by atoms with Crippen molar-refractivity contribution in [1.82, 2.24) is 20.4 Å². The number of rotatable bonds is 4. The average Bonchev–Trinajstić information content (AvgIpc) is 3.29. The fraction of sp³-hybridized carbons (Fsp3) is 0.125. The van der Waals surface area contributed by atoms with E-state index in [0.717, 1.165) is 5.69 Å². The van der Waals surface area contributed by atoms with Crippen molar-refractivity contribution in [3.8, 4) is 22.9 Å². The van der Waals surface area contributed by atoms with Crippen molar-refractivity contribution in [2.24, 2.45) is 0 Å². The molecule has 1 amide bonds. The lowest BCUT2D eigenvalue weighted by Gasteiger charge is -2.00. The zero-order valence-electron chi connectivity index (χ0n) is 12.4. The number of hydrogen-bond donors (Lipinski definition) is 1. The summed E-state index contributed by atoms with van der Waals surface area (Å²) in [5.74, 6) is 1.00. The molecule has 0 saturated heterocycles. The van der Waals surface area contributed by atoms with Crippen LogP contribution in [0.5, 0.6) is 11.5 Å². The quantitative estimate of drug-likeness (QED) is 0.781. The summed E-state index contributed by atoms with van der Waals surface area (Å²) in [4.78, 5) is 20.3. The van der Waals surface area contributed by atoms with E-state index in [4.69, 9.17) is 14.0 Å². The molecule has 1 aromatic carbocycles. The summed E-state index contributed by atoms with van der Waals surface area (Å²) in [6.45, 7) is 0.466. The van der Waals surface area contributed by atoms with Crippen LogP contribution in [-0.2, 0) is 6.54 Å². The van der Waals surface area contributed by atoms with Crippen molar-refractivity contribution in [2.75, 3.05) is 6.79 Å². The Morgan fingerprint density at radius 2 is 2.08 bits per heavy atom. The normalized spacial score (nSPS) is 12.2. The third kappa shape index (κ3) is 2.76. The van der Waals surface area contributed by atoms with Gasteiger partial charge in [0.15, 0.2) is 11.5 Å². The molecule has 0 atom stereocenters. The summed E-state index contributed by atoms with van der Waals surface area (Å²) in [7, 11) is 0. The summed E-state index contributed by atoms with van der Waals surface area (Å²) in [5, 5.41) is 6.51. The second kappa shape index (κ2) is 5.99. The maximum atomic E-state index is 12.1. The molecule has 1 aliphatic rings. The van der Waals surface area contributed by atoms with E-state index < -0.39 is 5.91 Å². The number of nitrogens with zero attached hydrogens (tertiary/aromatic N) is 3. The van der Waals surface area contributed by atoms with Crippen LogP contribution in [0.3, 0.4) is 0 Å². The fourth-order valence-electron chi connectivity index (χ4n) is 2.22. The molecule has 1 aliphatic heterocycles. The Hall–Kier alpha value is -3.42. The third-order valence-corrected chi connectivity index (χ3v) is 3.41. The van der Waals surface area contributed by atoms with Crippen LogP contribution in [0, 0.1) is 0 Å². The van der Waals surface area contributed by atoms with Gasteiger partial charge in [-0.1, -0.05) is 11.2 Å². The molecule has 4 rings (SSSR count). The molecule has 0 saturated carbocycles. The van der Waals surface area contributed by atoms with Crippen molar-refractivity contribution in [2.45, 2.75) is 6.54 Å². The maximum absolute atomic E-state index is 12.1. The molecule has 0 radical (unpaired) electrons. The molecule has 0 aliphatic carbocycles. The second-order valence-corrected chi connectivity index (χ2v) is 4.99. The molecule has 8 nitrogen and oxygen atoms in total. The molecule has 2 aromatic heterocycles. The number of nitrogens with one attached hydrogen (secondary N) is 1. The highest BCUT2D eigenvalue weighted by Crippen LogP contribution is 2.35. The standard InChI is InChI=1S/C16H12N4O4/c21-15(18-8-11-3-1-2-6-17-11)16-19-14(20-24-16)10-4-5-12-13(7-10)23-9-22-12/h1-7H,8-9H2,(H,18,21). The van der Waals surface area contributed by atoms with Gasteiger partial charge in [-0.2, -0.15) is 4.98 Å². The maximum Gasteiger partial charge on any atom is 0.316 e. The van der Waals surface area contributed by atoms with Gasteiger partial charge in [0, 0.05) is 11.8 Å². The van der Waals surface area contributed by atoms with Gasteiger partial charge >= 0.3 is 11.8 Å². The van der Waals surface area contributed by atoms with Crippen molar-refractivity contribution in [3.63, 3.8) is 0 Å². The van der Waals surface area contributed by atoms with Gasteiger partial charge in [0.25, 0.3) is 0 Å². The molecule has 3 heterocycles. The number of aromatic nitrogens is 3. The van der Waals surface area contributed by atoms with E-state index in [-0.39, 0.29) is 19.2 Å². The van der Waals surface area contributed by atoms with E-state index in [2.05, 4.69) is 20.4 Å². The van der Waals surface area contributed by atoms with Gasteiger partial charge in [-0.05, 0) is 30.3 Å². The predicted molar refractivity (Wildman–Crippen MR) is 81.3 cm³/mol. The molecule has 0 bridgehead atoms. The zero-order chi connectivity index (χ0) is 16.4. The molecule has 0 spiro atoms. The van der Waals surface area contributed by atoms with Crippen LogP contribution in [0.1, 0.15) is 16.4 Å². The highest BCUT2D eigenvalue weighted by Gasteiger charge is 2.19. The lowest BCUT2D eigenvalue weighted by molar-refractivity contribution is 0.0906. The Kier molecular flexibility index (Phi) is 3.54. The molecule has 120 valence electrons. The first-order chi connectivity index (χ1) is 11.8. The number of benzene rings is 1. The van der Waals surface area contributed by atoms with Gasteiger partial charge in [-0.3, -0.25) is 9.78 Å². The number of amides is 1. The third-order valence-electron chi connectivity index (χ3n) is 3.41. The topological polar surface area (TPSA) is 99.4 Å². The van der Waals surface area contributed by atoms with E-state index in [9.17, 15) is 4.79 Å². The number of hydrogen-bond acceptors (Lipinski definition) is 7. The first-order valence-corrected chi connectivity index (χ1v) is 7.21. The SMILES string of the molecule is O=C(NCc1ccccn1)c1nc(-c2ccc3c(c2)OCO3)no1. The average molecular weight is 324 g/mol. The van der Waals surface area contributed by atoms with Crippen LogP contribution in [0.4, 0.5) is 0 Å². The Morgan fingerprint density at radius 3 is 2.96 bits per heavy atom. The number of fused-ring (bicyclic) bond motifs is 1. The largest absolute Gasteiger partial charge is 0.454 e. The van der Waals surface area contributed by atoms with Crippen molar-refractivity contribution >= 4 is 5.91 Å². The van der Waals surface area contributed by atoms with E-state index in [0.29, 0.717) is 22.9 Å². The van der Waals surface area contributed by atoms with Crippen LogP contribution in [-0.4, -0.2) is 27.8 Å². The lowest BCUT2D eigenvalue weighted by Crippen LogP contribution is -2.23. The van der Waals surface area contributed by atoms with Crippen LogP contribution in [0.15, 0.2) is 47.1 Å². The zero-order valence-corrected chi connectivity index (χ0v) is 12.4. The van der Waals surface area contributed by atoms with E-state index in [1.54, 1.807) is 30.5 Å². The fourth-order valence-corrected chi connectivity index (χ4v) is 2.22.